The summed E-state index contributed by atoms with van der Waals surface area (Å²) in [4.78, 5) is 40.5. The minimum atomic E-state index is -5.08. The Morgan fingerprint density at radius 1 is 1.18 bits per heavy atom. The number of nitrogens with two attached hydrogens (primary N) is 1. The Morgan fingerprint density at radius 2 is 1.84 bits per heavy atom. The van der Waals surface area contributed by atoms with Crippen LogP contribution in [0.15, 0.2) is 53.6 Å². The van der Waals surface area contributed by atoms with Gasteiger partial charge < -0.3 is 25.0 Å². The average Bonchev–Trinajstić information content (AvgIpc) is 3.32. The number of amides is 1. The molecule has 3 N–H and O–H groups in total. The number of alkyl halides is 6. The van der Waals surface area contributed by atoms with Gasteiger partial charge in [-0.25, -0.2) is 14.6 Å². The lowest BCUT2D eigenvalue weighted by Gasteiger charge is -2.16. The van der Waals surface area contributed by atoms with Gasteiger partial charge in [-0.2, -0.15) is 41.4 Å². The summed E-state index contributed by atoms with van der Waals surface area (Å²) in [6.07, 6.45) is -7.58. The van der Waals surface area contributed by atoms with E-state index in [-0.39, 0.29) is 47.3 Å². The zero-order valence-corrected chi connectivity index (χ0v) is 23.5. The summed E-state index contributed by atoms with van der Waals surface area (Å²) in [7, 11) is 1.53. The highest BCUT2D eigenvalue weighted by atomic mass is 35.5. The highest BCUT2D eigenvalue weighted by Gasteiger charge is 2.38. The lowest BCUT2D eigenvalue weighted by molar-refractivity contribution is -0.192. The Kier molecular flexibility index (Phi) is 10.4. The molecule has 0 fully saturated rings. The number of aromatic nitrogens is 4. The lowest BCUT2D eigenvalue weighted by atomic mass is 10.2. The molecule has 0 saturated carbocycles. The Labute approximate surface area is 253 Å². The molecule has 0 atom stereocenters. The second-order valence-electron chi connectivity index (χ2n) is 8.91. The molecule has 0 spiro atoms. The molecule has 0 aliphatic carbocycles. The molecule has 12 nitrogen and oxygen atoms in total. The zero-order chi connectivity index (χ0) is 33.7. The number of ether oxygens (including phenoxy) is 1. The fraction of sp³-hybridized carbons (Fsp3) is 0.231. The number of nitrogens with zero attached hydrogens (tertiary/aromatic N) is 6. The summed E-state index contributed by atoms with van der Waals surface area (Å²) in [6.45, 7) is 0.168. The van der Waals surface area contributed by atoms with Crippen molar-refractivity contribution in [2.75, 3.05) is 20.1 Å². The minimum Gasteiger partial charge on any atom is -0.475 e. The van der Waals surface area contributed by atoms with Gasteiger partial charge in [-0.1, -0.05) is 11.6 Å². The van der Waals surface area contributed by atoms with E-state index >= 15 is 0 Å². The van der Waals surface area contributed by atoms with Crippen molar-refractivity contribution in [2.45, 2.75) is 18.9 Å². The molecule has 3 aromatic heterocycles. The maximum absolute atomic E-state index is 13.8. The number of fused-ring (bicyclic) bond motifs is 1. The smallest absolute Gasteiger partial charge is 0.475 e. The van der Waals surface area contributed by atoms with Crippen molar-refractivity contribution in [3.05, 3.63) is 81.0 Å². The molecule has 0 aliphatic rings. The molecule has 0 unspecified atom stereocenters. The number of carboxylic acids is 1. The van der Waals surface area contributed by atoms with E-state index in [2.05, 4.69) is 10.1 Å². The standard InChI is InChI=1S/C24H19ClF3N7O3.C2HF3O2/c1-33(8-5-29)23(37)35-21-17(3-2-6-31-21)19(32-35)13-34-7-4-18(24(26,27)28)20(22(34)36)38-16-10-14(12-30)9-15(25)11-16;3-2(4,5)1(6)7/h2-4,6-7,9-11H,5,8,13,29H2,1H3;(H,6,7). The van der Waals surface area contributed by atoms with Crippen LogP contribution in [-0.2, 0) is 17.5 Å². The predicted molar refractivity (Wildman–Crippen MR) is 145 cm³/mol. The number of benzene rings is 1. The van der Waals surface area contributed by atoms with E-state index in [0.29, 0.717) is 11.5 Å². The molecular formula is C26H20ClF6N7O5. The van der Waals surface area contributed by atoms with Gasteiger partial charge in [0.2, 0.25) is 5.75 Å². The van der Waals surface area contributed by atoms with Crippen LogP contribution in [-0.4, -0.2) is 67.7 Å². The first-order chi connectivity index (χ1) is 21.0. The molecule has 19 heteroatoms. The number of rotatable bonds is 6. The molecule has 0 aliphatic heterocycles. The molecule has 238 valence electrons. The average molecular weight is 660 g/mol. The topological polar surface area (TPSA) is 169 Å². The fourth-order valence-electron chi connectivity index (χ4n) is 3.68. The molecule has 0 saturated heterocycles. The van der Waals surface area contributed by atoms with Crippen molar-refractivity contribution in [2.24, 2.45) is 5.73 Å². The maximum Gasteiger partial charge on any atom is 0.490 e. The van der Waals surface area contributed by atoms with Crippen LogP contribution in [0, 0.1) is 11.3 Å². The Bertz CT molecular complexity index is 1830. The van der Waals surface area contributed by atoms with Crippen LogP contribution in [0.2, 0.25) is 5.02 Å². The van der Waals surface area contributed by atoms with Crippen LogP contribution >= 0.6 is 11.6 Å². The third-order valence-electron chi connectivity index (χ3n) is 5.70. The summed E-state index contributed by atoms with van der Waals surface area (Å²) in [6, 6.07) is 8.85. The number of carboxylic acid groups (broad SMARTS) is 1. The molecular weight excluding hydrogens is 640 g/mol. The molecule has 1 aromatic carbocycles. The molecule has 0 bridgehead atoms. The highest BCUT2D eigenvalue weighted by molar-refractivity contribution is 6.30. The van der Waals surface area contributed by atoms with Crippen molar-refractivity contribution < 1.29 is 45.8 Å². The van der Waals surface area contributed by atoms with Gasteiger partial charge in [0.1, 0.15) is 11.3 Å². The van der Waals surface area contributed by atoms with Gasteiger partial charge in [0.15, 0.2) is 5.65 Å². The normalized spacial score (nSPS) is 11.4. The van der Waals surface area contributed by atoms with Gasteiger partial charge in [-0.15, -0.1) is 0 Å². The second kappa shape index (κ2) is 13.7. The van der Waals surface area contributed by atoms with Crippen LogP contribution in [0.3, 0.4) is 0 Å². The van der Waals surface area contributed by atoms with E-state index in [1.165, 1.54) is 30.3 Å². The first-order valence-electron chi connectivity index (χ1n) is 12.2. The molecule has 45 heavy (non-hydrogen) atoms. The highest BCUT2D eigenvalue weighted by Crippen LogP contribution is 2.36. The summed E-state index contributed by atoms with van der Waals surface area (Å²) in [5, 5.41) is 21.0. The van der Waals surface area contributed by atoms with Crippen LogP contribution < -0.4 is 16.0 Å². The van der Waals surface area contributed by atoms with E-state index in [1.54, 1.807) is 12.1 Å². The monoisotopic (exact) mass is 659 g/mol. The number of carbonyl (C=O) groups is 2. The maximum atomic E-state index is 13.8. The predicted octanol–water partition coefficient (Wildman–Crippen LogP) is 4.47. The van der Waals surface area contributed by atoms with Crippen molar-refractivity contribution in [1.82, 2.24) is 24.2 Å². The Hall–Kier alpha value is -5.15. The molecule has 3 heterocycles. The number of halogens is 7. The SMILES string of the molecule is CN(CCN)C(=O)n1nc(Cn2ccc(C(F)(F)F)c(Oc3cc(Cl)cc(C#N)c3)c2=O)c2cccnc21.O=C(O)C(F)(F)F. The summed E-state index contributed by atoms with van der Waals surface area (Å²) >= 11 is 5.94. The van der Waals surface area contributed by atoms with Crippen LogP contribution in [0.1, 0.15) is 16.8 Å². The second-order valence-corrected chi connectivity index (χ2v) is 9.34. The van der Waals surface area contributed by atoms with E-state index in [4.69, 9.17) is 37.2 Å². The number of aliphatic carboxylic acids is 1. The third-order valence-corrected chi connectivity index (χ3v) is 5.92. The third kappa shape index (κ3) is 8.27. The number of nitriles is 1. The van der Waals surface area contributed by atoms with Crippen molar-refractivity contribution in [1.29, 1.82) is 5.26 Å². The molecule has 4 rings (SSSR count). The van der Waals surface area contributed by atoms with Crippen LogP contribution in [0.4, 0.5) is 31.1 Å². The number of carbonyl (C=O) groups excluding carboxylic acids is 1. The Morgan fingerprint density at radius 3 is 2.42 bits per heavy atom. The van der Waals surface area contributed by atoms with Gasteiger partial charge in [0.25, 0.3) is 5.56 Å². The van der Waals surface area contributed by atoms with E-state index in [1.807, 2.05) is 6.07 Å². The summed E-state index contributed by atoms with van der Waals surface area (Å²) in [5.41, 5.74) is 3.55. The van der Waals surface area contributed by atoms with Crippen LogP contribution in [0.25, 0.3) is 11.0 Å². The van der Waals surface area contributed by atoms with Crippen molar-refractivity contribution in [3.8, 4) is 17.6 Å². The van der Waals surface area contributed by atoms with Gasteiger partial charge >= 0.3 is 24.4 Å². The number of hydrogen-bond donors (Lipinski definition) is 2. The lowest BCUT2D eigenvalue weighted by Crippen LogP contribution is -2.35. The largest absolute Gasteiger partial charge is 0.490 e. The quantitative estimate of drug-likeness (QED) is 0.284. The van der Waals surface area contributed by atoms with Gasteiger partial charge in [0.05, 0.1) is 23.9 Å². The summed E-state index contributed by atoms with van der Waals surface area (Å²) in [5.74, 6) is -3.99. The van der Waals surface area contributed by atoms with Crippen LogP contribution in [0.5, 0.6) is 11.5 Å². The zero-order valence-electron chi connectivity index (χ0n) is 22.7. The number of hydrogen-bond acceptors (Lipinski definition) is 8. The molecule has 1 amide bonds. The minimum absolute atomic E-state index is 0.0334. The van der Waals surface area contributed by atoms with Crippen molar-refractivity contribution in [3.63, 3.8) is 0 Å². The fourth-order valence-corrected chi connectivity index (χ4v) is 3.90. The van der Waals surface area contributed by atoms with Gasteiger partial charge in [-0.05, 0) is 36.4 Å². The van der Waals surface area contributed by atoms with Crippen molar-refractivity contribution >= 4 is 34.6 Å². The number of likely N-dealkylation sites (N-methyl/N-ethyl adjacent to an activating group) is 1. The number of pyridine rings is 2. The first kappa shape index (κ1) is 34.3. The molecule has 4 aromatic rings. The molecule has 0 radical (unpaired) electrons. The van der Waals surface area contributed by atoms with Gasteiger partial charge in [-0.3, -0.25) is 4.79 Å². The summed E-state index contributed by atoms with van der Waals surface area (Å²) < 4.78 is 80.4. The Balaban J connectivity index is 0.000000707. The van der Waals surface area contributed by atoms with E-state index < -0.39 is 41.2 Å². The first-order valence-corrected chi connectivity index (χ1v) is 12.6. The van der Waals surface area contributed by atoms with E-state index in [0.717, 1.165) is 21.5 Å². The van der Waals surface area contributed by atoms with E-state index in [9.17, 15) is 35.9 Å². The van der Waals surface area contributed by atoms with Gasteiger partial charge in [0, 0.05) is 42.9 Å².